The van der Waals surface area contributed by atoms with E-state index in [0.717, 1.165) is 34.7 Å². The minimum atomic E-state index is -0.436. The van der Waals surface area contributed by atoms with Crippen LogP contribution in [-0.2, 0) is 11.2 Å². The Morgan fingerprint density at radius 2 is 1.60 bits per heavy atom. The summed E-state index contributed by atoms with van der Waals surface area (Å²) < 4.78 is 13.4. The van der Waals surface area contributed by atoms with E-state index in [-0.39, 0.29) is 12.5 Å². The van der Waals surface area contributed by atoms with Crippen LogP contribution in [0.5, 0.6) is 11.5 Å². The molecule has 5 rings (SSSR count). The Morgan fingerprint density at radius 3 is 2.24 bits per heavy atom. The minimum absolute atomic E-state index is 0.175. The van der Waals surface area contributed by atoms with Gasteiger partial charge in [0.25, 0.3) is 5.91 Å². The van der Waals surface area contributed by atoms with Crippen molar-refractivity contribution in [1.82, 2.24) is 15.1 Å². The molecule has 7 nitrogen and oxygen atoms in total. The number of ether oxygens (including phenoxy) is 2. The van der Waals surface area contributed by atoms with Gasteiger partial charge in [-0.2, -0.15) is 5.10 Å². The first-order valence-electron chi connectivity index (χ1n) is 15.1. The van der Waals surface area contributed by atoms with Gasteiger partial charge in [0.05, 0.1) is 29.6 Å². The third-order valence-corrected chi connectivity index (χ3v) is 6.11. The number of hydrogen-bond acceptors (Lipinski definition) is 5. The number of aliphatic hydroxyl groups excluding tert-OH is 1. The highest BCUT2D eigenvalue weighted by molar-refractivity contribution is 6.05. The molecule has 0 saturated heterocycles. The molecule has 7 heteroatoms. The summed E-state index contributed by atoms with van der Waals surface area (Å²) in [5.41, 5.74) is 3.91. The van der Waals surface area contributed by atoms with Crippen molar-refractivity contribution in [2.24, 2.45) is 0 Å². The van der Waals surface area contributed by atoms with Crippen LogP contribution in [0.1, 0.15) is 59.9 Å². The smallest absolute Gasteiger partial charge is 0.253 e. The zero-order chi connectivity index (χ0) is 30.7. The van der Waals surface area contributed by atoms with Gasteiger partial charge in [-0.15, -0.1) is 0 Å². The molecule has 226 valence electrons. The lowest BCUT2D eigenvalue weighted by molar-refractivity contribution is -0.118. The summed E-state index contributed by atoms with van der Waals surface area (Å²) in [5.74, 6) is 1.25. The lowest BCUT2D eigenvalue weighted by Crippen LogP contribution is -2.40. The molecular weight excluding hydrogens is 526 g/mol. The molecule has 6 bridgehead atoms. The number of aliphatic hydroxyl groups is 1. The number of allylic oxidation sites excluding steroid dienone is 2. The highest BCUT2D eigenvalue weighted by atomic mass is 16.5. The van der Waals surface area contributed by atoms with E-state index in [2.05, 4.69) is 5.32 Å². The number of amides is 1. The van der Waals surface area contributed by atoms with Crippen LogP contribution in [0.2, 0.25) is 0 Å². The molecule has 2 aromatic carbocycles. The molecule has 2 aliphatic rings. The number of hydrogen-bond donors (Lipinski definition) is 2. The van der Waals surface area contributed by atoms with Gasteiger partial charge in [-0.25, -0.2) is 4.68 Å². The zero-order valence-electron chi connectivity index (χ0n) is 26.0. The van der Waals surface area contributed by atoms with E-state index >= 15 is 0 Å². The van der Waals surface area contributed by atoms with E-state index in [9.17, 15) is 9.90 Å². The molecule has 0 spiro atoms. The number of rotatable bonds is 3. The Morgan fingerprint density at radius 1 is 0.929 bits per heavy atom. The lowest BCUT2D eigenvalue weighted by atomic mass is 10.0. The normalized spacial score (nSPS) is 18.1. The largest absolute Gasteiger partial charge is 0.490 e. The average molecular weight is 574 g/mol. The fourth-order valence-corrected chi connectivity index (χ4v) is 4.25. The van der Waals surface area contributed by atoms with Crippen molar-refractivity contribution in [3.63, 3.8) is 0 Å². The summed E-state index contributed by atoms with van der Waals surface area (Å²) in [7, 11) is 0. The van der Waals surface area contributed by atoms with Gasteiger partial charge in [-0.3, -0.25) is 4.79 Å². The quantitative estimate of drug-likeness (QED) is 0.255. The zero-order valence-corrected chi connectivity index (χ0v) is 26.0. The van der Waals surface area contributed by atoms with Crippen LogP contribution >= 0.6 is 0 Å². The van der Waals surface area contributed by atoms with Crippen LogP contribution in [0.15, 0.2) is 90.7 Å². The summed E-state index contributed by atoms with van der Waals surface area (Å²) in [6.45, 7) is 12.7. The molecule has 0 aliphatic carbocycles. The molecular formula is C35H47N3O4. The van der Waals surface area contributed by atoms with Gasteiger partial charge < -0.3 is 19.9 Å². The van der Waals surface area contributed by atoms with E-state index in [4.69, 9.17) is 14.6 Å². The third kappa shape index (κ3) is 10.1. The van der Waals surface area contributed by atoms with Crippen LogP contribution < -0.4 is 14.8 Å². The number of benzene rings is 2. The highest BCUT2D eigenvalue weighted by Gasteiger charge is 2.20. The second-order valence-electron chi connectivity index (χ2n) is 8.99. The maximum atomic E-state index is 13.5. The number of fused-ring (bicyclic) bond motifs is 11. The van der Waals surface area contributed by atoms with Crippen molar-refractivity contribution < 1.29 is 19.4 Å². The molecule has 1 aromatic heterocycles. The second-order valence-corrected chi connectivity index (χ2v) is 8.99. The van der Waals surface area contributed by atoms with Crippen LogP contribution in [0.25, 0.3) is 17.0 Å². The van der Waals surface area contributed by atoms with Gasteiger partial charge in [-0.1, -0.05) is 78.0 Å². The molecule has 1 atom stereocenters. The second kappa shape index (κ2) is 19.1. The van der Waals surface area contributed by atoms with Crippen LogP contribution in [0.3, 0.4) is 0 Å². The number of carbonyl (C=O) groups excluding carboxylic acids is 1. The minimum Gasteiger partial charge on any atom is -0.490 e. The van der Waals surface area contributed by atoms with E-state index in [1.54, 1.807) is 4.68 Å². The lowest BCUT2D eigenvalue weighted by Gasteiger charge is -2.19. The van der Waals surface area contributed by atoms with Gasteiger partial charge in [0.2, 0.25) is 0 Å². The Labute approximate surface area is 251 Å². The fourth-order valence-electron chi connectivity index (χ4n) is 4.25. The van der Waals surface area contributed by atoms with Crippen LogP contribution in [0.4, 0.5) is 0 Å². The Balaban J connectivity index is 0.00000148. The van der Waals surface area contributed by atoms with Crippen molar-refractivity contribution in [3.8, 4) is 22.8 Å². The molecule has 2 N–H and O–H groups in total. The van der Waals surface area contributed by atoms with E-state index < -0.39 is 6.04 Å². The van der Waals surface area contributed by atoms with Crippen molar-refractivity contribution in [2.45, 2.75) is 66.8 Å². The van der Waals surface area contributed by atoms with Gasteiger partial charge in [0.15, 0.2) is 0 Å². The van der Waals surface area contributed by atoms with Crippen LogP contribution in [-0.4, -0.2) is 46.7 Å². The predicted molar refractivity (Wildman–Crippen MR) is 173 cm³/mol. The van der Waals surface area contributed by atoms with Gasteiger partial charge in [-0.05, 0) is 67.3 Å². The maximum Gasteiger partial charge on any atom is 0.253 e. The summed E-state index contributed by atoms with van der Waals surface area (Å²) in [6, 6.07) is 17.0. The first-order valence-corrected chi connectivity index (χ1v) is 15.1. The molecule has 42 heavy (non-hydrogen) atoms. The first kappa shape index (κ1) is 34.1. The van der Waals surface area contributed by atoms with E-state index in [1.165, 1.54) is 0 Å². The van der Waals surface area contributed by atoms with E-state index in [0.29, 0.717) is 37.3 Å². The SMILES string of the molecule is CC.CC.CC/C=C1/C(=C\CC)C(=O)NC(CO)Cc2ccc(cc2)OC/C=C/COc2cccc(c2)-c2ccn1n2. The monoisotopic (exact) mass is 573 g/mol. The summed E-state index contributed by atoms with van der Waals surface area (Å²) in [4.78, 5) is 13.5. The van der Waals surface area contributed by atoms with E-state index in [1.807, 2.05) is 127 Å². The number of carbonyl (C=O) groups is 1. The summed E-state index contributed by atoms with van der Waals surface area (Å²) in [5, 5.41) is 17.9. The average Bonchev–Trinajstić information content (AvgIpc) is 3.53. The maximum absolute atomic E-state index is 13.5. The molecule has 1 amide bonds. The molecule has 0 fully saturated rings. The standard InChI is InChI=1S/C31H35N3O4.2C2H6/c1-3-8-28-30(9-4-2)34-17-16-29(33-34)24-10-7-11-27(21-24)38-19-6-5-18-37-26-14-12-23(13-15-26)20-25(22-35)32-31(28)36;2*1-2/h5-17,21,25,35H,3-4,18-20,22H2,1-2H3,(H,32,36);2*1-2H3/b6-5+,28-8+,30-9-;;. The number of aromatic nitrogens is 2. The number of nitrogens with one attached hydrogen (secondary N) is 1. The van der Waals surface area contributed by atoms with Gasteiger partial charge in [0, 0.05) is 11.8 Å². The Kier molecular flexibility index (Phi) is 15.5. The van der Waals surface area contributed by atoms with Gasteiger partial charge >= 0.3 is 0 Å². The Bertz CT molecular complexity index is 1310. The molecule has 1 unspecified atom stereocenters. The Hall–Kier alpha value is -4.10. The molecule has 3 heterocycles. The molecule has 2 aliphatic heterocycles. The summed E-state index contributed by atoms with van der Waals surface area (Å²) in [6.07, 6.45) is 11.5. The topological polar surface area (TPSA) is 85.6 Å². The molecule has 3 aromatic rings. The van der Waals surface area contributed by atoms with Crippen molar-refractivity contribution >= 4 is 11.6 Å². The summed E-state index contributed by atoms with van der Waals surface area (Å²) >= 11 is 0. The van der Waals surface area contributed by atoms with Crippen LogP contribution in [0, 0.1) is 0 Å². The highest BCUT2D eigenvalue weighted by Crippen LogP contribution is 2.25. The van der Waals surface area contributed by atoms with Gasteiger partial charge in [0.1, 0.15) is 24.7 Å². The van der Waals surface area contributed by atoms with Crippen molar-refractivity contribution in [3.05, 3.63) is 96.2 Å². The first-order chi connectivity index (χ1) is 20.6. The molecule has 0 radical (unpaired) electrons. The molecule has 0 saturated carbocycles. The fraction of sp³-hybridized carbons (Fsp3) is 0.371. The third-order valence-electron chi connectivity index (χ3n) is 6.11. The number of nitrogens with zero attached hydrogens (tertiary/aromatic N) is 2. The predicted octanol–water partition coefficient (Wildman–Crippen LogP) is 7.24. The van der Waals surface area contributed by atoms with Crippen molar-refractivity contribution in [1.29, 1.82) is 0 Å². The van der Waals surface area contributed by atoms with Crippen molar-refractivity contribution in [2.75, 3.05) is 19.8 Å².